The number of rotatable bonds is 3. The van der Waals surface area contributed by atoms with Crippen LogP contribution in [0, 0.1) is 17.6 Å². The number of hydrogen-bond donors (Lipinski definition) is 2. The van der Waals surface area contributed by atoms with Crippen molar-refractivity contribution in [1.82, 2.24) is 10.2 Å². The van der Waals surface area contributed by atoms with Crippen LogP contribution in [0.2, 0.25) is 0 Å². The molecule has 0 spiro atoms. The Morgan fingerprint density at radius 3 is 2.19 bits per heavy atom. The third kappa shape index (κ3) is 4.51. The van der Waals surface area contributed by atoms with Gasteiger partial charge < -0.3 is 15.5 Å². The van der Waals surface area contributed by atoms with Crippen LogP contribution in [0.4, 0.5) is 19.3 Å². The zero-order valence-electron chi connectivity index (χ0n) is 14.8. The molecule has 1 saturated heterocycles. The Labute approximate surface area is 152 Å². The third-order valence-electron chi connectivity index (χ3n) is 5.30. The molecule has 1 aliphatic carbocycles. The van der Waals surface area contributed by atoms with Gasteiger partial charge in [-0.05, 0) is 37.8 Å². The molecular formula is C19H25F2N3O2. The van der Waals surface area contributed by atoms with Gasteiger partial charge in [-0.3, -0.25) is 4.79 Å². The molecule has 5 nitrogen and oxygen atoms in total. The molecule has 0 atom stereocenters. The lowest BCUT2D eigenvalue weighted by Gasteiger charge is -2.33. The fraction of sp³-hybridized carbons (Fsp3) is 0.579. The third-order valence-corrected chi connectivity index (χ3v) is 5.30. The molecule has 2 N–H and O–H groups in total. The molecule has 0 bridgehead atoms. The Hall–Kier alpha value is -2.18. The first kappa shape index (κ1) is 18.6. The minimum atomic E-state index is -0.789. The van der Waals surface area contributed by atoms with Gasteiger partial charge >= 0.3 is 6.03 Å². The van der Waals surface area contributed by atoms with Crippen molar-refractivity contribution in [3.63, 3.8) is 0 Å². The van der Waals surface area contributed by atoms with Crippen molar-refractivity contribution in [2.75, 3.05) is 18.4 Å². The van der Waals surface area contributed by atoms with Crippen molar-refractivity contribution in [3.05, 3.63) is 29.8 Å². The molecule has 1 aliphatic heterocycles. The summed E-state index contributed by atoms with van der Waals surface area (Å²) in [6, 6.07) is 3.65. The van der Waals surface area contributed by atoms with Crippen molar-refractivity contribution >= 4 is 17.6 Å². The summed E-state index contributed by atoms with van der Waals surface area (Å²) in [7, 11) is 0. The summed E-state index contributed by atoms with van der Waals surface area (Å²) >= 11 is 0. The first-order valence-electron chi connectivity index (χ1n) is 9.35. The number of para-hydroxylation sites is 1. The van der Waals surface area contributed by atoms with Gasteiger partial charge in [-0.1, -0.05) is 25.3 Å². The molecule has 2 fully saturated rings. The van der Waals surface area contributed by atoms with E-state index >= 15 is 0 Å². The number of anilines is 1. The minimum absolute atomic E-state index is 0.0732. The van der Waals surface area contributed by atoms with Gasteiger partial charge in [0.25, 0.3) is 0 Å². The van der Waals surface area contributed by atoms with Crippen LogP contribution in [0.25, 0.3) is 0 Å². The van der Waals surface area contributed by atoms with E-state index in [1.54, 1.807) is 4.90 Å². The number of nitrogens with zero attached hydrogens (tertiary/aromatic N) is 1. The van der Waals surface area contributed by atoms with Gasteiger partial charge in [-0.25, -0.2) is 13.6 Å². The highest BCUT2D eigenvalue weighted by Gasteiger charge is 2.29. The van der Waals surface area contributed by atoms with Crippen molar-refractivity contribution in [2.45, 2.75) is 51.0 Å². The van der Waals surface area contributed by atoms with E-state index in [-0.39, 0.29) is 18.0 Å². The zero-order chi connectivity index (χ0) is 18.5. The summed E-state index contributed by atoms with van der Waals surface area (Å²) in [5.74, 6) is -2.33. The second-order valence-corrected chi connectivity index (χ2v) is 7.13. The number of amides is 3. The van der Waals surface area contributed by atoms with Crippen LogP contribution in [-0.4, -0.2) is 36.0 Å². The molecule has 26 heavy (non-hydrogen) atoms. The molecule has 0 radical (unpaired) electrons. The fourth-order valence-corrected chi connectivity index (χ4v) is 3.70. The Morgan fingerprint density at radius 1 is 0.962 bits per heavy atom. The summed E-state index contributed by atoms with van der Waals surface area (Å²) in [6.07, 6.45) is 6.56. The summed E-state index contributed by atoms with van der Waals surface area (Å²) in [4.78, 5) is 26.4. The van der Waals surface area contributed by atoms with Crippen molar-refractivity contribution in [1.29, 1.82) is 0 Å². The quantitative estimate of drug-likeness (QED) is 0.859. The van der Waals surface area contributed by atoms with Gasteiger partial charge in [0.2, 0.25) is 5.91 Å². The number of carbonyl (C=O) groups is 2. The first-order chi connectivity index (χ1) is 12.5. The molecule has 0 aromatic heterocycles. The molecule has 1 saturated carbocycles. The standard InChI is InChI=1S/C19H25F2N3O2/c20-15-7-4-8-16(21)17(15)23-18(25)13-9-11-24(12-10-13)19(26)22-14-5-2-1-3-6-14/h4,7-8,13-14H,1-3,5-6,9-12H2,(H,22,26)(H,23,25). The van der Waals surface area contributed by atoms with Gasteiger partial charge in [-0.15, -0.1) is 0 Å². The maximum absolute atomic E-state index is 13.7. The molecule has 7 heteroatoms. The number of benzene rings is 1. The smallest absolute Gasteiger partial charge is 0.317 e. The average Bonchev–Trinajstić information content (AvgIpc) is 2.65. The molecular weight excluding hydrogens is 340 g/mol. The maximum atomic E-state index is 13.7. The summed E-state index contributed by atoms with van der Waals surface area (Å²) in [5, 5.41) is 5.42. The van der Waals surface area contributed by atoms with E-state index in [1.807, 2.05) is 0 Å². The van der Waals surface area contributed by atoms with Gasteiger partial charge in [0.1, 0.15) is 17.3 Å². The van der Waals surface area contributed by atoms with Crippen LogP contribution in [0.1, 0.15) is 44.9 Å². The number of nitrogens with one attached hydrogen (secondary N) is 2. The second kappa shape index (κ2) is 8.47. The van der Waals surface area contributed by atoms with Crippen molar-refractivity contribution in [2.24, 2.45) is 5.92 Å². The van der Waals surface area contributed by atoms with Crippen LogP contribution in [0.3, 0.4) is 0 Å². The van der Waals surface area contributed by atoms with E-state index in [1.165, 1.54) is 12.5 Å². The van der Waals surface area contributed by atoms with Crippen molar-refractivity contribution < 1.29 is 18.4 Å². The predicted molar refractivity (Wildman–Crippen MR) is 94.7 cm³/mol. The average molecular weight is 365 g/mol. The predicted octanol–water partition coefficient (Wildman–Crippen LogP) is 3.66. The zero-order valence-corrected chi connectivity index (χ0v) is 14.8. The molecule has 142 valence electrons. The normalized spacial score (nSPS) is 19.2. The van der Waals surface area contributed by atoms with E-state index in [0.29, 0.717) is 25.9 Å². The number of likely N-dealkylation sites (tertiary alicyclic amines) is 1. The van der Waals surface area contributed by atoms with E-state index in [2.05, 4.69) is 10.6 Å². The van der Waals surface area contributed by atoms with Crippen molar-refractivity contribution in [3.8, 4) is 0 Å². The van der Waals surface area contributed by atoms with Gasteiger partial charge in [0, 0.05) is 25.0 Å². The molecule has 1 aromatic rings. The SMILES string of the molecule is O=C(Nc1c(F)cccc1F)C1CCN(C(=O)NC2CCCCC2)CC1. The first-order valence-corrected chi connectivity index (χ1v) is 9.35. The Morgan fingerprint density at radius 2 is 1.58 bits per heavy atom. The molecule has 3 amide bonds. The van der Waals surface area contributed by atoms with E-state index in [4.69, 9.17) is 0 Å². The Balaban J connectivity index is 1.48. The monoisotopic (exact) mass is 365 g/mol. The van der Waals surface area contributed by atoms with Gasteiger partial charge in [0.05, 0.1) is 0 Å². The number of hydrogen-bond acceptors (Lipinski definition) is 2. The number of piperidine rings is 1. The fourth-order valence-electron chi connectivity index (χ4n) is 3.70. The van der Waals surface area contributed by atoms with Crippen LogP contribution < -0.4 is 10.6 Å². The maximum Gasteiger partial charge on any atom is 0.317 e. The highest BCUT2D eigenvalue weighted by atomic mass is 19.1. The number of urea groups is 1. The number of halogens is 2. The van der Waals surface area contributed by atoms with E-state index < -0.39 is 23.2 Å². The summed E-state index contributed by atoms with van der Waals surface area (Å²) in [6.45, 7) is 0.937. The van der Waals surface area contributed by atoms with Gasteiger partial charge in [0.15, 0.2) is 0 Å². The highest BCUT2D eigenvalue weighted by Crippen LogP contribution is 2.23. The molecule has 3 rings (SSSR count). The summed E-state index contributed by atoms with van der Waals surface area (Å²) < 4.78 is 27.3. The Bertz CT molecular complexity index is 634. The van der Waals surface area contributed by atoms with Crippen LogP contribution >= 0.6 is 0 Å². The largest absolute Gasteiger partial charge is 0.335 e. The highest BCUT2D eigenvalue weighted by molar-refractivity contribution is 5.93. The lowest BCUT2D eigenvalue weighted by atomic mass is 9.95. The minimum Gasteiger partial charge on any atom is -0.335 e. The van der Waals surface area contributed by atoms with Gasteiger partial charge in [-0.2, -0.15) is 0 Å². The van der Waals surface area contributed by atoms with Crippen LogP contribution in [0.15, 0.2) is 18.2 Å². The molecule has 1 aromatic carbocycles. The number of carbonyl (C=O) groups excluding carboxylic acids is 2. The Kier molecular flexibility index (Phi) is 6.06. The molecule has 2 aliphatic rings. The molecule has 0 unspecified atom stereocenters. The second-order valence-electron chi connectivity index (χ2n) is 7.13. The van der Waals surface area contributed by atoms with Crippen LogP contribution in [0.5, 0.6) is 0 Å². The molecule has 1 heterocycles. The summed E-state index contributed by atoms with van der Waals surface area (Å²) in [5.41, 5.74) is -0.407. The van der Waals surface area contributed by atoms with E-state index in [0.717, 1.165) is 37.8 Å². The van der Waals surface area contributed by atoms with Crippen LogP contribution in [-0.2, 0) is 4.79 Å². The lowest BCUT2D eigenvalue weighted by Crippen LogP contribution is -2.49. The van der Waals surface area contributed by atoms with E-state index in [9.17, 15) is 18.4 Å². The lowest BCUT2D eigenvalue weighted by molar-refractivity contribution is -0.121. The topological polar surface area (TPSA) is 61.4 Å².